The van der Waals surface area contributed by atoms with E-state index >= 15 is 0 Å². The van der Waals surface area contributed by atoms with Crippen molar-refractivity contribution in [1.82, 2.24) is 9.88 Å². The van der Waals surface area contributed by atoms with E-state index in [-0.39, 0.29) is 12.4 Å². The lowest BCUT2D eigenvalue weighted by molar-refractivity contribution is 0.229. The molecule has 0 aliphatic carbocycles. The van der Waals surface area contributed by atoms with Crippen molar-refractivity contribution >= 4 is 5.82 Å². The van der Waals surface area contributed by atoms with Gasteiger partial charge in [0.15, 0.2) is 11.6 Å². The topological polar surface area (TPSA) is 39.6 Å². The first-order valence-corrected chi connectivity index (χ1v) is 6.53. The standard InChI is InChI=1S/C13H18FN3O/c14-12-10(9-18)3-4-15-13(12)17-7-6-16-5-1-2-11(16)8-17/h3-4,11,18H,1-2,5-9H2. The maximum Gasteiger partial charge on any atom is 0.171 e. The maximum atomic E-state index is 14.1. The summed E-state index contributed by atoms with van der Waals surface area (Å²) in [5.41, 5.74) is 0.328. The fraction of sp³-hybridized carbons (Fsp3) is 0.615. The normalized spacial score (nSPS) is 24.3. The van der Waals surface area contributed by atoms with E-state index in [4.69, 9.17) is 5.11 Å². The van der Waals surface area contributed by atoms with Crippen LogP contribution in [0, 0.1) is 5.82 Å². The van der Waals surface area contributed by atoms with Gasteiger partial charge in [-0.05, 0) is 25.5 Å². The quantitative estimate of drug-likeness (QED) is 0.851. The number of aliphatic hydroxyl groups is 1. The third-order valence-corrected chi connectivity index (χ3v) is 4.01. The maximum absolute atomic E-state index is 14.1. The van der Waals surface area contributed by atoms with E-state index in [9.17, 15) is 4.39 Å². The van der Waals surface area contributed by atoms with Gasteiger partial charge in [-0.2, -0.15) is 0 Å². The van der Waals surface area contributed by atoms with Crippen LogP contribution in [0.25, 0.3) is 0 Å². The molecule has 0 radical (unpaired) electrons. The molecular weight excluding hydrogens is 233 g/mol. The minimum absolute atomic E-state index is 0.273. The van der Waals surface area contributed by atoms with Crippen LogP contribution in [-0.4, -0.2) is 47.2 Å². The van der Waals surface area contributed by atoms with Crippen LogP contribution in [0.5, 0.6) is 0 Å². The lowest BCUT2D eigenvalue weighted by Gasteiger charge is -2.38. The molecule has 0 aromatic carbocycles. The van der Waals surface area contributed by atoms with Crippen molar-refractivity contribution in [3.8, 4) is 0 Å². The molecule has 1 N–H and O–H groups in total. The fourth-order valence-electron chi connectivity index (χ4n) is 3.00. The molecule has 1 aromatic heterocycles. The van der Waals surface area contributed by atoms with E-state index < -0.39 is 0 Å². The highest BCUT2D eigenvalue weighted by Gasteiger charge is 2.32. The number of anilines is 1. The van der Waals surface area contributed by atoms with Crippen molar-refractivity contribution in [3.05, 3.63) is 23.6 Å². The van der Waals surface area contributed by atoms with E-state index in [0.717, 1.165) is 19.6 Å². The second-order valence-corrected chi connectivity index (χ2v) is 5.04. The van der Waals surface area contributed by atoms with E-state index in [0.29, 0.717) is 17.4 Å². The SMILES string of the molecule is OCc1ccnc(N2CCN3CCCC3C2)c1F. The molecular formula is C13H18FN3O. The summed E-state index contributed by atoms with van der Waals surface area (Å²) in [5, 5.41) is 9.10. The number of halogens is 1. The highest BCUT2D eigenvalue weighted by atomic mass is 19.1. The Labute approximate surface area is 106 Å². The molecule has 0 saturated carbocycles. The average molecular weight is 251 g/mol. The number of piperazine rings is 1. The second kappa shape index (κ2) is 4.82. The molecule has 4 nitrogen and oxygen atoms in total. The summed E-state index contributed by atoms with van der Waals surface area (Å²) >= 11 is 0. The number of rotatable bonds is 2. The summed E-state index contributed by atoms with van der Waals surface area (Å²) in [6, 6.07) is 2.07. The highest BCUT2D eigenvalue weighted by molar-refractivity contribution is 5.43. The van der Waals surface area contributed by atoms with Gasteiger partial charge in [0.1, 0.15) is 0 Å². The molecule has 2 fully saturated rings. The van der Waals surface area contributed by atoms with Gasteiger partial charge in [0.05, 0.1) is 6.61 Å². The molecule has 0 spiro atoms. The number of aliphatic hydroxyl groups excluding tert-OH is 1. The van der Waals surface area contributed by atoms with E-state index in [1.54, 1.807) is 6.20 Å². The number of fused-ring (bicyclic) bond motifs is 1. The summed E-state index contributed by atoms with van der Waals surface area (Å²) in [5.74, 6) is 0.0274. The van der Waals surface area contributed by atoms with Crippen LogP contribution < -0.4 is 4.90 Å². The Morgan fingerprint density at radius 3 is 3.11 bits per heavy atom. The molecule has 1 aromatic rings. The van der Waals surface area contributed by atoms with Crippen LogP contribution in [-0.2, 0) is 6.61 Å². The number of hydrogen-bond acceptors (Lipinski definition) is 4. The van der Waals surface area contributed by atoms with Crippen LogP contribution in [0.3, 0.4) is 0 Å². The lowest BCUT2D eigenvalue weighted by Crippen LogP contribution is -2.50. The molecule has 2 saturated heterocycles. The molecule has 0 amide bonds. The molecule has 1 atom stereocenters. The largest absolute Gasteiger partial charge is 0.392 e. The van der Waals surface area contributed by atoms with Crippen molar-refractivity contribution in [3.63, 3.8) is 0 Å². The minimum atomic E-state index is -0.369. The van der Waals surface area contributed by atoms with Gasteiger partial charge in [-0.25, -0.2) is 9.37 Å². The van der Waals surface area contributed by atoms with Gasteiger partial charge in [-0.15, -0.1) is 0 Å². The number of hydrogen-bond donors (Lipinski definition) is 1. The molecule has 2 aliphatic rings. The number of pyridine rings is 1. The molecule has 2 aliphatic heterocycles. The van der Waals surface area contributed by atoms with Crippen LogP contribution in [0.2, 0.25) is 0 Å². The fourth-order valence-corrected chi connectivity index (χ4v) is 3.00. The summed E-state index contributed by atoms with van der Waals surface area (Å²) in [7, 11) is 0. The van der Waals surface area contributed by atoms with Crippen molar-refractivity contribution in [2.75, 3.05) is 31.1 Å². The molecule has 98 valence electrons. The smallest absolute Gasteiger partial charge is 0.171 e. The van der Waals surface area contributed by atoms with Gasteiger partial charge >= 0.3 is 0 Å². The Hall–Kier alpha value is -1.20. The predicted octanol–water partition coefficient (Wildman–Crippen LogP) is 0.997. The summed E-state index contributed by atoms with van der Waals surface area (Å²) in [6.07, 6.45) is 4.01. The van der Waals surface area contributed by atoms with E-state index in [1.165, 1.54) is 25.5 Å². The number of aromatic nitrogens is 1. The predicted molar refractivity (Wildman–Crippen MR) is 66.9 cm³/mol. The Morgan fingerprint density at radius 2 is 2.28 bits per heavy atom. The van der Waals surface area contributed by atoms with Crippen molar-refractivity contribution in [2.45, 2.75) is 25.5 Å². The van der Waals surface area contributed by atoms with Crippen molar-refractivity contribution < 1.29 is 9.50 Å². The first-order valence-electron chi connectivity index (χ1n) is 6.53. The van der Waals surface area contributed by atoms with E-state index in [2.05, 4.69) is 9.88 Å². The van der Waals surface area contributed by atoms with Crippen molar-refractivity contribution in [1.29, 1.82) is 0 Å². The Kier molecular flexibility index (Phi) is 3.18. The van der Waals surface area contributed by atoms with Gasteiger partial charge < -0.3 is 10.0 Å². The van der Waals surface area contributed by atoms with Crippen LogP contribution in [0.15, 0.2) is 12.3 Å². The zero-order chi connectivity index (χ0) is 12.5. The molecule has 18 heavy (non-hydrogen) atoms. The molecule has 0 bridgehead atoms. The monoisotopic (exact) mass is 251 g/mol. The van der Waals surface area contributed by atoms with Crippen LogP contribution in [0.4, 0.5) is 10.2 Å². The molecule has 5 heteroatoms. The highest BCUT2D eigenvalue weighted by Crippen LogP contribution is 2.26. The van der Waals surface area contributed by atoms with Crippen LogP contribution in [0.1, 0.15) is 18.4 Å². The zero-order valence-electron chi connectivity index (χ0n) is 10.3. The Morgan fingerprint density at radius 1 is 1.39 bits per heavy atom. The molecule has 3 rings (SSSR count). The Balaban J connectivity index is 1.82. The Bertz CT molecular complexity index is 440. The summed E-state index contributed by atoms with van der Waals surface area (Å²) in [6.45, 7) is 3.54. The van der Waals surface area contributed by atoms with Crippen LogP contribution >= 0.6 is 0 Å². The summed E-state index contributed by atoms with van der Waals surface area (Å²) < 4.78 is 14.1. The first-order chi connectivity index (χ1) is 8.79. The van der Waals surface area contributed by atoms with Crippen molar-refractivity contribution in [2.24, 2.45) is 0 Å². The molecule has 3 heterocycles. The van der Waals surface area contributed by atoms with Gasteiger partial charge in [0.25, 0.3) is 0 Å². The third-order valence-electron chi connectivity index (χ3n) is 4.01. The van der Waals surface area contributed by atoms with Gasteiger partial charge in [0.2, 0.25) is 0 Å². The average Bonchev–Trinajstić information content (AvgIpc) is 2.86. The zero-order valence-corrected chi connectivity index (χ0v) is 10.3. The third kappa shape index (κ3) is 1.97. The first kappa shape index (κ1) is 11.9. The van der Waals surface area contributed by atoms with E-state index in [1.807, 2.05) is 4.90 Å². The lowest BCUT2D eigenvalue weighted by atomic mass is 10.1. The second-order valence-electron chi connectivity index (χ2n) is 5.04. The molecule has 1 unspecified atom stereocenters. The summed E-state index contributed by atoms with van der Waals surface area (Å²) in [4.78, 5) is 8.64. The number of nitrogens with zero attached hydrogens (tertiary/aromatic N) is 3. The van der Waals surface area contributed by atoms with Gasteiger partial charge in [0, 0.05) is 37.4 Å². The van der Waals surface area contributed by atoms with Gasteiger partial charge in [-0.1, -0.05) is 0 Å². The minimum Gasteiger partial charge on any atom is -0.392 e. The van der Waals surface area contributed by atoms with Gasteiger partial charge in [-0.3, -0.25) is 4.90 Å².